The highest BCUT2D eigenvalue weighted by Gasteiger charge is 2.14. The molecule has 0 radical (unpaired) electrons. The number of aromatic nitrogens is 1. The first-order valence-corrected chi connectivity index (χ1v) is 9.39. The molecule has 0 fully saturated rings. The van der Waals surface area contributed by atoms with Crippen LogP contribution in [0.4, 0.5) is 0 Å². The van der Waals surface area contributed by atoms with Crippen molar-refractivity contribution in [2.24, 2.45) is 4.99 Å². The number of guanidine groups is 1. The monoisotopic (exact) mass is 488 g/mol. The molecule has 2 aromatic rings. The third-order valence-corrected chi connectivity index (χ3v) is 4.15. The minimum Gasteiger partial charge on any atom is -0.488 e. The van der Waals surface area contributed by atoms with Gasteiger partial charge in [0.05, 0.1) is 18.1 Å². The molecule has 1 aromatic heterocycles. The second-order valence-corrected chi connectivity index (χ2v) is 8.04. The predicted octanol–water partition coefficient (Wildman–Crippen LogP) is 4.50. The number of ether oxygens (including phenoxy) is 1. The van der Waals surface area contributed by atoms with Crippen LogP contribution in [0.25, 0.3) is 0 Å². The van der Waals surface area contributed by atoms with E-state index in [0.29, 0.717) is 6.54 Å². The van der Waals surface area contributed by atoms with Crippen LogP contribution in [0.3, 0.4) is 0 Å². The molecule has 7 heteroatoms. The first-order valence-electron chi connectivity index (χ1n) is 8.58. The summed E-state index contributed by atoms with van der Waals surface area (Å²) in [6, 6.07) is 8.06. The van der Waals surface area contributed by atoms with Crippen LogP contribution >= 0.6 is 35.3 Å². The van der Waals surface area contributed by atoms with Gasteiger partial charge in [-0.3, -0.25) is 0 Å². The van der Waals surface area contributed by atoms with E-state index in [1.807, 2.05) is 31.3 Å². The topological polar surface area (TPSA) is 58.5 Å². The first kappa shape index (κ1) is 22.7. The summed E-state index contributed by atoms with van der Waals surface area (Å²) >= 11 is 1.69. The van der Waals surface area contributed by atoms with Crippen molar-refractivity contribution >= 4 is 41.3 Å². The number of halogens is 1. The van der Waals surface area contributed by atoms with E-state index in [4.69, 9.17) is 9.73 Å². The van der Waals surface area contributed by atoms with Gasteiger partial charge in [0.1, 0.15) is 11.4 Å². The van der Waals surface area contributed by atoms with Gasteiger partial charge in [0.25, 0.3) is 0 Å². The quantitative estimate of drug-likeness (QED) is 0.357. The Labute approximate surface area is 177 Å². The lowest BCUT2D eigenvalue weighted by atomic mass is 10.1. The molecule has 0 aliphatic carbocycles. The number of nitrogens with zero attached hydrogens (tertiary/aromatic N) is 2. The maximum atomic E-state index is 6.04. The lowest BCUT2D eigenvalue weighted by Gasteiger charge is -2.23. The Kier molecular flexibility index (Phi) is 9.35. The number of hydrogen-bond donors (Lipinski definition) is 2. The van der Waals surface area contributed by atoms with Crippen LogP contribution in [0, 0.1) is 6.92 Å². The van der Waals surface area contributed by atoms with Crippen LogP contribution in [0.15, 0.2) is 35.5 Å². The van der Waals surface area contributed by atoms with Gasteiger partial charge in [-0.25, -0.2) is 9.98 Å². The van der Waals surface area contributed by atoms with Crippen molar-refractivity contribution in [2.75, 3.05) is 6.54 Å². The summed E-state index contributed by atoms with van der Waals surface area (Å²) < 4.78 is 6.04. The van der Waals surface area contributed by atoms with Crippen LogP contribution in [0.5, 0.6) is 5.75 Å². The van der Waals surface area contributed by atoms with E-state index in [1.165, 1.54) is 4.88 Å². The van der Waals surface area contributed by atoms with Gasteiger partial charge < -0.3 is 15.4 Å². The molecule has 1 aromatic carbocycles. The molecule has 5 nitrogen and oxygen atoms in total. The predicted molar refractivity (Wildman–Crippen MR) is 121 cm³/mol. The Bertz CT molecular complexity index is 710. The zero-order valence-electron chi connectivity index (χ0n) is 16.1. The van der Waals surface area contributed by atoms with E-state index in [1.54, 1.807) is 11.3 Å². The molecule has 2 N–H and O–H groups in total. The van der Waals surface area contributed by atoms with Gasteiger partial charge in [-0.1, -0.05) is 18.2 Å². The van der Waals surface area contributed by atoms with Crippen LogP contribution < -0.4 is 15.4 Å². The molecule has 0 unspecified atom stereocenters. The molecule has 26 heavy (non-hydrogen) atoms. The van der Waals surface area contributed by atoms with Gasteiger partial charge in [0.15, 0.2) is 5.96 Å². The first-order chi connectivity index (χ1) is 11.9. The molecule has 0 aliphatic rings. The zero-order chi connectivity index (χ0) is 18.3. The minimum absolute atomic E-state index is 0. The highest BCUT2D eigenvalue weighted by atomic mass is 127. The highest BCUT2D eigenvalue weighted by Crippen LogP contribution is 2.23. The number of thiazole rings is 1. The fourth-order valence-electron chi connectivity index (χ4n) is 2.23. The Balaban J connectivity index is 0.00000338. The number of rotatable bonds is 6. The van der Waals surface area contributed by atoms with Gasteiger partial charge in [-0.2, -0.15) is 0 Å². The maximum absolute atomic E-state index is 6.04. The zero-order valence-corrected chi connectivity index (χ0v) is 19.3. The van der Waals surface area contributed by atoms with Crippen molar-refractivity contribution in [3.8, 4) is 5.75 Å². The Hall–Kier alpha value is -1.35. The van der Waals surface area contributed by atoms with Crippen molar-refractivity contribution in [1.29, 1.82) is 0 Å². The average molecular weight is 488 g/mol. The lowest BCUT2D eigenvalue weighted by Crippen LogP contribution is -2.36. The van der Waals surface area contributed by atoms with Gasteiger partial charge in [-0.15, -0.1) is 35.3 Å². The minimum atomic E-state index is -0.230. The van der Waals surface area contributed by atoms with Crippen molar-refractivity contribution in [2.45, 2.75) is 53.3 Å². The summed E-state index contributed by atoms with van der Waals surface area (Å²) in [5.74, 6) is 1.67. The lowest BCUT2D eigenvalue weighted by molar-refractivity contribution is 0.129. The number of benzene rings is 1. The van der Waals surface area contributed by atoms with E-state index in [0.717, 1.165) is 35.4 Å². The molecule has 0 amide bonds. The third-order valence-electron chi connectivity index (χ3n) is 3.24. The molecule has 0 aliphatic heterocycles. The molecular weight excluding hydrogens is 459 g/mol. The SMILES string of the molecule is CCNC(=NCc1ccccc1OC(C)(C)C)NCc1cnc(C)s1.I. The van der Waals surface area contributed by atoms with E-state index in [-0.39, 0.29) is 29.6 Å². The highest BCUT2D eigenvalue weighted by molar-refractivity contribution is 14.0. The van der Waals surface area contributed by atoms with Crippen LogP contribution in [-0.4, -0.2) is 23.1 Å². The van der Waals surface area contributed by atoms with Crippen LogP contribution in [0.2, 0.25) is 0 Å². The summed E-state index contributed by atoms with van der Waals surface area (Å²) in [4.78, 5) is 10.2. The van der Waals surface area contributed by atoms with Crippen molar-refractivity contribution in [3.63, 3.8) is 0 Å². The van der Waals surface area contributed by atoms with Crippen molar-refractivity contribution in [3.05, 3.63) is 45.9 Å². The van der Waals surface area contributed by atoms with Crippen LogP contribution in [-0.2, 0) is 13.1 Å². The van der Waals surface area contributed by atoms with E-state index >= 15 is 0 Å². The Morgan fingerprint density at radius 2 is 1.96 bits per heavy atom. The van der Waals surface area contributed by atoms with Crippen molar-refractivity contribution < 1.29 is 4.74 Å². The third kappa shape index (κ3) is 7.90. The second kappa shape index (κ2) is 10.7. The molecule has 0 saturated heterocycles. The van der Waals surface area contributed by atoms with E-state index in [2.05, 4.69) is 49.4 Å². The maximum Gasteiger partial charge on any atom is 0.191 e. The van der Waals surface area contributed by atoms with Gasteiger partial charge in [0.2, 0.25) is 0 Å². The van der Waals surface area contributed by atoms with Gasteiger partial charge >= 0.3 is 0 Å². The molecule has 0 bridgehead atoms. The smallest absolute Gasteiger partial charge is 0.191 e. The fraction of sp³-hybridized carbons (Fsp3) is 0.474. The molecule has 2 rings (SSSR count). The number of aryl methyl sites for hydroxylation is 1. The number of hydrogen-bond acceptors (Lipinski definition) is 4. The van der Waals surface area contributed by atoms with Crippen molar-refractivity contribution in [1.82, 2.24) is 15.6 Å². The van der Waals surface area contributed by atoms with Gasteiger partial charge in [-0.05, 0) is 40.7 Å². The second-order valence-electron chi connectivity index (χ2n) is 6.72. The van der Waals surface area contributed by atoms with Gasteiger partial charge in [0, 0.05) is 23.2 Å². The number of aliphatic imine (C=N–C) groups is 1. The molecule has 1 heterocycles. The molecule has 0 spiro atoms. The summed E-state index contributed by atoms with van der Waals surface area (Å²) in [5.41, 5.74) is 0.843. The normalized spacial score (nSPS) is 11.7. The van der Waals surface area contributed by atoms with E-state index < -0.39 is 0 Å². The average Bonchev–Trinajstić information content (AvgIpc) is 2.95. The molecular formula is C19H29IN4OS. The summed E-state index contributed by atoms with van der Waals surface area (Å²) in [6.45, 7) is 12.3. The molecule has 0 atom stereocenters. The molecule has 0 saturated carbocycles. The Morgan fingerprint density at radius 1 is 1.23 bits per heavy atom. The fourth-order valence-corrected chi connectivity index (χ4v) is 2.96. The number of para-hydroxylation sites is 1. The standard InChI is InChI=1S/C19H28N4OS.HI/c1-6-20-18(23-13-16-12-21-14(2)25-16)22-11-15-9-7-8-10-17(15)24-19(3,4)5;/h7-10,12H,6,11,13H2,1-5H3,(H2,20,22,23);1H. The summed E-state index contributed by atoms with van der Waals surface area (Å²) in [5, 5.41) is 7.71. The largest absolute Gasteiger partial charge is 0.488 e. The number of nitrogens with one attached hydrogen (secondary N) is 2. The Morgan fingerprint density at radius 3 is 2.58 bits per heavy atom. The molecule has 144 valence electrons. The van der Waals surface area contributed by atoms with E-state index in [9.17, 15) is 0 Å². The van der Waals surface area contributed by atoms with Crippen LogP contribution in [0.1, 0.15) is 43.1 Å². The summed E-state index contributed by atoms with van der Waals surface area (Å²) in [7, 11) is 0. The summed E-state index contributed by atoms with van der Waals surface area (Å²) in [6.07, 6.45) is 1.91.